The molecule has 0 aliphatic carbocycles. The third-order valence-electron chi connectivity index (χ3n) is 4.16. The number of hydrogen-bond acceptors (Lipinski definition) is 2. The highest BCUT2D eigenvalue weighted by atomic mass is 79.9. The summed E-state index contributed by atoms with van der Waals surface area (Å²) in [4.78, 5) is 0.284. The molecule has 5 heteroatoms. The quantitative estimate of drug-likeness (QED) is 0.470. The highest BCUT2D eigenvalue weighted by molar-refractivity contribution is 9.10. The maximum Gasteiger partial charge on any atom is 0.268 e. The van der Waals surface area contributed by atoms with Crippen molar-refractivity contribution in [3.63, 3.8) is 0 Å². The Morgan fingerprint density at radius 2 is 1.50 bits per heavy atom. The number of halogens is 1. The number of aryl methyl sites for hydroxylation is 1. The molecule has 1 heterocycles. The molecule has 0 aliphatic rings. The molecule has 3 nitrogen and oxygen atoms in total. The van der Waals surface area contributed by atoms with Crippen LogP contribution >= 0.6 is 15.9 Å². The van der Waals surface area contributed by atoms with E-state index in [0.717, 1.165) is 20.8 Å². The molecule has 0 aliphatic heterocycles. The fourth-order valence-corrected chi connectivity index (χ4v) is 5.21. The maximum atomic E-state index is 13.3. The van der Waals surface area contributed by atoms with E-state index in [0.29, 0.717) is 11.0 Å². The van der Waals surface area contributed by atoms with E-state index in [-0.39, 0.29) is 4.90 Å². The van der Waals surface area contributed by atoms with Crippen LogP contribution in [0.2, 0.25) is 0 Å². The molecule has 24 heavy (non-hydrogen) atoms. The molecule has 0 bridgehead atoms. The second kappa shape index (κ2) is 5.46. The number of benzene rings is 3. The lowest BCUT2D eigenvalue weighted by Crippen LogP contribution is -2.13. The number of fused-ring (bicyclic) bond motifs is 3. The Morgan fingerprint density at radius 3 is 2.25 bits per heavy atom. The molecule has 0 amide bonds. The van der Waals surface area contributed by atoms with Crippen LogP contribution in [0.25, 0.3) is 21.8 Å². The summed E-state index contributed by atoms with van der Waals surface area (Å²) in [5.41, 5.74) is 2.37. The van der Waals surface area contributed by atoms with Crippen LogP contribution in [0.4, 0.5) is 0 Å². The molecule has 0 atom stereocenters. The molecular weight excluding hydrogens is 386 g/mol. The minimum absolute atomic E-state index is 0.284. The van der Waals surface area contributed by atoms with E-state index in [1.165, 1.54) is 3.97 Å². The van der Waals surface area contributed by atoms with Gasteiger partial charge in [-0.15, -0.1) is 0 Å². The van der Waals surface area contributed by atoms with Crippen LogP contribution in [-0.4, -0.2) is 12.4 Å². The summed E-state index contributed by atoms with van der Waals surface area (Å²) >= 11 is 3.52. The monoisotopic (exact) mass is 399 g/mol. The van der Waals surface area contributed by atoms with Crippen molar-refractivity contribution in [2.45, 2.75) is 11.8 Å². The fourth-order valence-electron chi connectivity index (χ4n) is 3.00. The first-order valence-corrected chi connectivity index (χ1v) is 9.73. The standard InChI is InChI=1S/C19H14BrNO2S/c1-13-9-11-14(12-10-13)24(22,23)21-18-8-3-2-5-15(18)16-6-4-7-17(20)19(16)21/h2-12H,1H3. The van der Waals surface area contributed by atoms with Crippen molar-refractivity contribution < 1.29 is 8.42 Å². The van der Waals surface area contributed by atoms with Gasteiger partial charge in [-0.05, 0) is 47.1 Å². The predicted molar refractivity (Wildman–Crippen MR) is 101 cm³/mol. The Balaban J connectivity index is 2.17. The first kappa shape index (κ1) is 15.4. The summed E-state index contributed by atoms with van der Waals surface area (Å²) in [5, 5.41) is 1.83. The smallest absolute Gasteiger partial charge is 0.232 e. The molecule has 4 rings (SSSR count). The van der Waals surface area contributed by atoms with Crippen molar-refractivity contribution in [1.82, 2.24) is 3.97 Å². The van der Waals surface area contributed by atoms with Gasteiger partial charge in [0.2, 0.25) is 0 Å². The predicted octanol–water partition coefficient (Wildman–Crippen LogP) is 5.10. The largest absolute Gasteiger partial charge is 0.268 e. The van der Waals surface area contributed by atoms with E-state index in [1.54, 1.807) is 12.1 Å². The number of nitrogens with zero attached hydrogens (tertiary/aromatic N) is 1. The molecule has 0 radical (unpaired) electrons. The van der Waals surface area contributed by atoms with Gasteiger partial charge in [-0.1, -0.05) is 48.0 Å². The van der Waals surface area contributed by atoms with E-state index < -0.39 is 10.0 Å². The second-order valence-corrected chi connectivity index (χ2v) is 8.38. The second-order valence-electron chi connectivity index (χ2n) is 5.74. The van der Waals surface area contributed by atoms with Crippen LogP contribution in [0.3, 0.4) is 0 Å². The number of para-hydroxylation sites is 2. The maximum absolute atomic E-state index is 13.3. The Bertz CT molecular complexity index is 1180. The molecule has 4 aromatic rings. The summed E-state index contributed by atoms with van der Waals surface area (Å²) in [6.45, 7) is 1.94. The molecule has 120 valence electrons. The van der Waals surface area contributed by atoms with Gasteiger partial charge in [0.25, 0.3) is 10.0 Å². The Hall–Kier alpha value is -2.11. The van der Waals surface area contributed by atoms with Crippen LogP contribution in [0.5, 0.6) is 0 Å². The van der Waals surface area contributed by atoms with Gasteiger partial charge in [0, 0.05) is 15.2 Å². The van der Waals surface area contributed by atoms with Crippen LogP contribution in [0.15, 0.2) is 76.1 Å². The Kier molecular flexibility index (Phi) is 3.51. The van der Waals surface area contributed by atoms with Gasteiger partial charge in [0.1, 0.15) is 0 Å². The number of hydrogen-bond donors (Lipinski definition) is 0. The van der Waals surface area contributed by atoms with Crippen molar-refractivity contribution in [1.29, 1.82) is 0 Å². The zero-order valence-corrected chi connectivity index (χ0v) is 15.3. The minimum Gasteiger partial charge on any atom is -0.232 e. The van der Waals surface area contributed by atoms with Gasteiger partial charge in [0.05, 0.1) is 15.9 Å². The Labute approximate surface area is 148 Å². The van der Waals surface area contributed by atoms with Crippen molar-refractivity contribution >= 4 is 47.8 Å². The van der Waals surface area contributed by atoms with Crippen molar-refractivity contribution in [3.8, 4) is 0 Å². The molecule has 0 unspecified atom stereocenters. The highest BCUT2D eigenvalue weighted by Crippen LogP contribution is 2.36. The van der Waals surface area contributed by atoms with Crippen LogP contribution in [0.1, 0.15) is 5.56 Å². The summed E-state index contributed by atoms with van der Waals surface area (Å²) in [5.74, 6) is 0. The molecule has 0 saturated heterocycles. The van der Waals surface area contributed by atoms with Gasteiger partial charge in [0.15, 0.2) is 0 Å². The van der Waals surface area contributed by atoms with E-state index in [9.17, 15) is 8.42 Å². The van der Waals surface area contributed by atoms with Gasteiger partial charge >= 0.3 is 0 Å². The molecule has 1 aromatic heterocycles. The van der Waals surface area contributed by atoms with Crippen molar-refractivity contribution in [3.05, 3.63) is 76.8 Å². The number of aromatic nitrogens is 1. The summed E-state index contributed by atoms with van der Waals surface area (Å²) in [7, 11) is -3.70. The first-order valence-electron chi connectivity index (χ1n) is 7.50. The molecule has 0 saturated carbocycles. The lowest BCUT2D eigenvalue weighted by atomic mass is 10.2. The van der Waals surface area contributed by atoms with Crippen molar-refractivity contribution in [2.75, 3.05) is 0 Å². The lowest BCUT2D eigenvalue weighted by molar-refractivity contribution is 0.590. The van der Waals surface area contributed by atoms with E-state index in [4.69, 9.17) is 0 Å². The summed E-state index contributed by atoms with van der Waals surface area (Å²) < 4.78 is 28.9. The normalized spacial score (nSPS) is 12.1. The van der Waals surface area contributed by atoms with Crippen LogP contribution in [-0.2, 0) is 10.0 Å². The molecular formula is C19H14BrNO2S. The molecule has 3 aromatic carbocycles. The topological polar surface area (TPSA) is 39.1 Å². The molecule has 0 fully saturated rings. The highest BCUT2D eigenvalue weighted by Gasteiger charge is 2.24. The summed E-state index contributed by atoms with van der Waals surface area (Å²) in [6.07, 6.45) is 0. The molecule has 0 spiro atoms. The van der Waals surface area contributed by atoms with Crippen LogP contribution < -0.4 is 0 Å². The third-order valence-corrected chi connectivity index (χ3v) is 6.53. The van der Waals surface area contributed by atoms with E-state index >= 15 is 0 Å². The number of rotatable bonds is 2. The zero-order chi connectivity index (χ0) is 16.9. The fraction of sp³-hybridized carbons (Fsp3) is 0.0526. The van der Waals surface area contributed by atoms with Crippen LogP contribution in [0, 0.1) is 6.92 Å². The average molecular weight is 400 g/mol. The molecule has 0 N–H and O–H groups in total. The van der Waals surface area contributed by atoms with Gasteiger partial charge < -0.3 is 0 Å². The summed E-state index contributed by atoms with van der Waals surface area (Å²) in [6, 6.07) is 20.2. The van der Waals surface area contributed by atoms with E-state index in [2.05, 4.69) is 15.9 Å². The minimum atomic E-state index is -3.70. The Morgan fingerprint density at radius 1 is 0.833 bits per heavy atom. The van der Waals surface area contributed by atoms with Gasteiger partial charge in [-0.25, -0.2) is 12.4 Å². The first-order chi connectivity index (χ1) is 11.5. The average Bonchev–Trinajstić information content (AvgIpc) is 2.92. The van der Waals surface area contributed by atoms with Crippen molar-refractivity contribution in [2.24, 2.45) is 0 Å². The van der Waals surface area contributed by atoms with Gasteiger partial charge in [-0.2, -0.15) is 0 Å². The van der Waals surface area contributed by atoms with Gasteiger partial charge in [-0.3, -0.25) is 0 Å². The SMILES string of the molecule is Cc1ccc(S(=O)(=O)n2c3ccccc3c3cccc(Br)c32)cc1. The zero-order valence-electron chi connectivity index (χ0n) is 12.9. The lowest BCUT2D eigenvalue weighted by Gasteiger charge is -2.10. The third kappa shape index (κ3) is 2.19. The van der Waals surface area contributed by atoms with E-state index in [1.807, 2.05) is 61.5 Å².